The molecule has 101 heavy (non-hydrogen) atoms. The molecular formula is C67H102N20O13S. The van der Waals surface area contributed by atoms with Crippen molar-refractivity contribution in [3.63, 3.8) is 0 Å². The van der Waals surface area contributed by atoms with E-state index >= 15 is 4.79 Å². The number of guanidine groups is 1. The summed E-state index contributed by atoms with van der Waals surface area (Å²) in [5.41, 5.74) is 41.2. The average molecular weight is 1430 g/mol. The number of aromatic nitrogens is 2. The van der Waals surface area contributed by atoms with Crippen molar-refractivity contribution in [1.82, 2.24) is 62.3 Å². The number of aliphatic imine (C=N–C) groups is 1. The number of hydrogen-bond acceptors (Lipinski definition) is 18. The number of primary amides is 3. The van der Waals surface area contributed by atoms with Gasteiger partial charge in [0.05, 0.1) is 12.4 Å². The van der Waals surface area contributed by atoms with Crippen LogP contribution in [0.4, 0.5) is 0 Å². The number of imidazole rings is 1. The Bertz CT molecular complexity index is 3290. The largest absolute Gasteiger partial charge is 0.370 e. The maximum Gasteiger partial charge on any atom is 0.245 e. The fraction of sp³-hybridized carbons (Fsp3) is 0.567. The molecule has 0 saturated carbocycles. The molecule has 0 unspecified atom stereocenters. The van der Waals surface area contributed by atoms with E-state index in [2.05, 4.69) is 57.5 Å². The SMILES string of the molecule is CSCC[C@H](NC(=O)[C@H](CC(C)C)NC(=O)[C@@H](Cc1cnc[nH]1)NC(=O)[C@H](Cc1ccccc1)NC(=O)[C@@H](Cc1ccccc1)NC(=O)[C@H](CCC(N)=O)NC(=O)[C@H](CCC(N)=O)NC(=O)[C@@H]1CCCN1C(=O)[C@H](CCCCN)NC(=O)[C@H]1CCCN1C(=O)[C@H](N)CCCN=C(N)N)C(N)=O. The fourth-order valence-corrected chi connectivity index (χ4v) is 12.3. The van der Waals surface area contributed by atoms with Crippen molar-refractivity contribution in [1.29, 1.82) is 0 Å². The van der Waals surface area contributed by atoms with E-state index < -0.39 is 169 Å². The normalized spacial score (nSPS) is 16.9. The van der Waals surface area contributed by atoms with E-state index in [0.717, 1.165) is 0 Å². The number of rotatable bonds is 44. The molecule has 2 fully saturated rings. The third-order valence-corrected chi connectivity index (χ3v) is 17.8. The van der Waals surface area contributed by atoms with Crippen LogP contribution in [0.5, 0.6) is 0 Å². The van der Waals surface area contributed by atoms with E-state index in [1.807, 2.05) is 20.1 Å². The molecule has 13 amide bonds. The van der Waals surface area contributed by atoms with Gasteiger partial charge in [-0.2, -0.15) is 11.8 Å². The summed E-state index contributed by atoms with van der Waals surface area (Å²) in [5, 5.41) is 21.6. The number of amides is 13. The lowest BCUT2D eigenvalue weighted by atomic mass is 10.00. The highest BCUT2D eigenvalue weighted by Gasteiger charge is 2.43. The van der Waals surface area contributed by atoms with E-state index in [4.69, 9.17) is 40.1 Å². The number of likely N-dealkylation sites (tertiary alicyclic amines) is 2. The summed E-state index contributed by atoms with van der Waals surface area (Å²) in [6.45, 7) is 4.50. The van der Waals surface area contributed by atoms with Gasteiger partial charge in [0.15, 0.2) is 5.96 Å². The Morgan fingerprint density at radius 2 is 1.00 bits per heavy atom. The maximum absolute atomic E-state index is 15.0. The number of nitrogens with zero attached hydrogens (tertiary/aromatic N) is 4. The van der Waals surface area contributed by atoms with Gasteiger partial charge in [-0.25, -0.2) is 4.98 Å². The number of carbonyl (C=O) groups excluding carboxylic acids is 13. The van der Waals surface area contributed by atoms with Crippen molar-refractivity contribution in [3.8, 4) is 0 Å². The monoisotopic (exact) mass is 1430 g/mol. The molecule has 23 N–H and O–H groups in total. The first-order chi connectivity index (χ1) is 48.2. The first-order valence-corrected chi connectivity index (χ1v) is 35.5. The summed E-state index contributed by atoms with van der Waals surface area (Å²) in [5.74, 6) is -10.1. The Labute approximate surface area is 591 Å². The van der Waals surface area contributed by atoms with E-state index in [1.54, 1.807) is 60.7 Å². The fourth-order valence-electron chi connectivity index (χ4n) is 11.9. The van der Waals surface area contributed by atoms with Gasteiger partial charge in [0.25, 0.3) is 0 Å². The van der Waals surface area contributed by atoms with Crippen LogP contribution in [0.3, 0.4) is 0 Å². The zero-order valence-electron chi connectivity index (χ0n) is 57.7. The number of hydrogen-bond donors (Lipinski definition) is 16. The van der Waals surface area contributed by atoms with Crippen LogP contribution < -0.4 is 82.7 Å². The molecule has 34 heteroatoms. The number of benzene rings is 2. The van der Waals surface area contributed by atoms with Crippen LogP contribution in [-0.4, -0.2) is 207 Å². The lowest BCUT2D eigenvalue weighted by Crippen LogP contribution is -2.61. The Morgan fingerprint density at radius 1 is 0.545 bits per heavy atom. The number of thioether (sulfide) groups is 1. The van der Waals surface area contributed by atoms with Gasteiger partial charge in [-0.3, -0.25) is 67.3 Å². The second-order valence-corrected chi connectivity index (χ2v) is 26.7. The summed E-state index contributed by atoms with van der Waals surface area (Å²) in [6.07, 6.45) is 5.50. The molecule has 11 atom stereocenters. The summed E-state index contributed by atoms with van der Waals surface area (Å²) < 4.78 is 0. The molecule has 2 aliphatic rings. The van der Waals surface area contributed by atoms with Crippen molar-refractivity contribution in [2.75, 3.05) is 38.2 Å². The van der Waals surface area contributed by atoms with E-state index in [0.29, 0.717) is 61.1 Å². The van der Waals surface area contributed by atoms with Crippen LogP contribution in [0.25, 0.3) is 0 Å². The minimum absolute atomic E-state index is 0.0662. The highest BCUT2D eigenvalue weighted by atomic mass is 32.2. The summed E-state index contributed by atoms with van der Waals surface area (Å²) in [4.78, 5) is 195. The summed E-state index contributed by atoms with van der Waals surface area (Å²) in [7, 11) is 0. The molecule has 5 rings (SSSR count). The second kappa shape index (κ2) is 42.4. The topological polar surface area (TPSA) is 548 Å². The van der Waals surface area contributed by atoms with Crippen LogP contribution in [0.2, 0.25) is 0 Å². The Kier molecular flexibility index (Phi) is 34.4. The lowest BCUT2D eigenvalue weighted by Gasteiger charge is -2.32. The van der Waals surface area contributed by atoms with Crippen LogP contribution in [0.15, 0.2) is 78.2 Å². The van der Waals surface area contributed by atoms with Crippen LogP contribution in [0, 0.1) is 5.92 Å². The molecular weight excluding hydrogens is 1320 g/mol. The predicted octanol–water partition coefficient (Wildman–Crippen LogP) is -3.38. The summed E-state index contributed by atoms with van der Waals surface area (Å²) in [6, 6.07) is 2.78. The Hall–Kier alpha value is -9.70. The Morgan fingerprint density at radius 3 is 1.47 bits per heavy atom. The predicted molar refractivity (Wildman–Crippen MR) is 377 cm³/mol. The van der Waals surface area contributed by atoms with Gasteiger partial charge in [0, 0.05) is 63.6 Å². The first-order valence-electron chi connectivity index (χ1n) is 34.1. The van der Waals surface area contributed by atoms with Crippen LogP contribution in [0.1, 0.15) is 127 Å². The molecule has 2 saturated heterocycles. The molecule has 554 valence electrons. The lowest BCUT2D eigenvalue weighted by molar-refractivity contribution is -0.144. The smallest absolute Gasteiger partial charge is 0.245 e. The van der Waals surface area contributed by atoms with Gasteiger partial charge in [0.1, 0.15) is 60.4 Å². The molecule has 2 aliphatic heterocycles. The van der Waals surface area contributed by atoms with Gasteiger partial charge in [-0.1, -0.05) is 74.5 Å². The minimum atomic E-state index is -1.67. The third-order valence-electron chi connectivity index (χ3n) is 17.2. The quantitative estimate of drug-likeness (QED) is 0.0149. The van der Waals surface area contributed by atoms with Gasteiger partial charge in [-0.15, -0.1) is 0 Å². The van der Waals surface area contributed by atoms with E-state index in [9.17, 15) is 57.5 Å². The van der Waals surface area contributed by atoms with Gasteiger partial charge in [-0.05, 0) is 119 Å². The molecule has 0 spiro atoms. The first kappa shape index (κ1) is 82.0. The highest BCUT2D eigenvalue weighted by molar-refractivity contribution is 7.98. The second-order valence-electron chi connectivity index (χ2n) is 25.7. The molecule has 0 radical (unpaired) electrons. The van der Waals surface area contributed by atoms with E-state index in [-0.39, 0.29) is 89.4 Å². The van der Waals surface area contributed by atoms with Crippen molar-refractivity contribution in [2.24, 2.45) is 51.0 Å². The Balaban J connectivity index is 1.39. The number of nitrogens with one attached hydrogen (secondary N) is 9. The molecule has 0 aliphatic carbocycles. The van der Waals surface area contributed by atoms with Crippen molar-refractivity contribution in [3.05, 3.63) is 90.0 Å². The number of unbranched alkanes of at least 4 members (excludes halogenated alkanes) is 1. The van der Waals surface area contributed by atoms with Crippen LogP contribution >= 0.6 is 11.8 Å². The molecule has 3 heterocycles. The number of carbonyl (C=O) groups is 13. The zero-order chi connectivity index (χ0) is 74.1. The maximum atomic E-state index is 15.0. The minimum Gasteiger partial charge on any atom is -0.370 e. The van der Waals surface area contributed by atoms with Crippen molar-refractivity contribution < 1.29 is 62.3 Å². The number of aromatic amines is 1. The number of H-pyrrole nitrogens is 1. The van der Waals surface area contributed by atoms with Crippen LogP contribution in [-0.2, 0) is 81.6 Å². The zero-order valence-corrected chi connectivity index (χ0v) is 58.5. The average Bonchev–Trinajstić information content (AvgIpc) is 1.73. The molecule has 3 aromatic rings. The number of nitrogens with two attached hydrogens (primary N) is 7. The van der Waals surface area contributed by atoms with Gasteiger partial charge >= 0.3 is 0 Å². The molecule has 0 bridgehead atoms. The molecule has 1 aromatic heterocycles. The third kappa shape index (κ3) is 27.7. The highest BCUT2D eigenvalue weighted by Crippen LogP contribution is 2.24. The molecule has 2 aromatic carbocycles. The standard InChI is InChI=1S/C67H102N20O13S/c1-39(2)33-48(59(93)78-44(56(72)90)27-32-101-3)82-62(96)51(36-42-37-75-38-77-42)85-61(95)50(35-41-17-8-5-9-18-41)84-60(94)49(34-40-15-6-4-7-16-40)83-58(92)45(23-25-54(70)88)79-57(91)46(24-26-55(71)89)80-63(97)53-22-14-31-87(53)66(100)47(20-10-11-28-68)81-64(98)52-21-13-30-86(52)65(99)43(69)19-12-29-76-67(73)74/h4-9,15-18,37-39,43-53H,10-14,19-36,68-69H2,1-3H3,(H2,70,88)(H2,71,89)(H2,72,90)(H,75,77)(H,78,93)(H,79,91)(H,80,97)(H,81,98)(H,82,96)(H,83,92)(H,84,94)(H,85,95)(H4,73,74,76)/t43-,44+,45+,46+,47+,48+,49-,50+,51-,52-,53+/m1/s1. The van der Waals surface area contributed by atoms with Crippen molar-refractivity contribution >= 4 is 94.5 Å². The van der Waals surface area contributed by atoms with Gasteiger partial charge < -0.3 is 97.5 Å². The van der Waals surface area contributed by atoms with Crippen molar-refractivity contribution in [2.45, 2.75) is 196 Å². The summed E-state index contributed by atoms with van der Waals surface area (Å²) >= 11 is 1.45. The van der Waals surface area contributed by atoms with E-state index in [1.165, 1.54) is 34.1 Å². The van der Waals surface area contributed by atoms with Gasteiger partial charge in [0.2, 0.25) is 76.8 Å². The molecule has 33 nitrogen and oxygen atoms in total.